The number of rotatable bonds is 8. The predicted octanol–water partition coefficient (Wildman–Crippen LogP) is 6.51. The molecule has 10 nitrogen and oxygen atoms in total. The van der Waals surface area contributed by atoms with Gasteiger partial charge in [0, 0.05) is 35.9 Å². The minimum atomic E-state index is -4.58. The summed E-state index contributed by atoms with van der Waals surface area (Å²) in [6.45, 7) is 5.11. The van der Waals surface area contributed by atoms with Crippen molar-refractivity contribution in [2.45, 2.75) is 64.8 Å². The first-order valence-corrected chi connectivity index (χ1v) is 15.1. The Morgan fingerprint density at radius 3 is 2.34 bits per heavy atom. The van der Waals surface area contributed by atoms with Crippen LogP contribution in [0.15, 0.2) is 54.9 Å². The van der Waals surface area contributed by atoms with Crippen LogP contribution in [0.25, 0.3) is 10.9 Å². The van der Waals surface area contributed by atoms with Gasteiger partial charge in [0.05, 0.1) is 29.5 Å². The zero-order valence-corrected chi connectivity index (χ0v) is 26.1. The smallest absolute Gasteiger partial charge is 0.408 e. The number of alkyl halides is 3. The number of aromatic nitrogens is 3. The standard InChI is InChI=1S/C33H34F4N6O4/c1-32(2,3)47-28(44)17-21-15-22(34)8-9-24(21)39-30(45)20-7-10-26(42-13-5-4-6-14-42)25(16-20)40-31(46)29-23-11-12-38-18-27(23)43(41-29)19-33(35,36)37/h7-12,15-16,18H,4-6,13-14,17,19H2,1-3H3,(H,39,45)(H,40,46). The molecule has 2 aromatic heterocycles. The van der Waals surface area contributed by atoms with E-state index in [9.17, 15) is 31.9 Å². The molecule has 0 aliphatic carbocycles. The van der Waals surface area contributed by atoms with Crippen molar-refractivity contribution >= 4 is 45.7 Å². The number of benzene rings is 2. The van der Waals surface area contributed by atoms with E-state index in [2.05, 4.69) is 25.6 Å². The molecule has 2 N–H and O–H groups in total. The lowest BCUT2D eigenvalue weighted by molar-refractivity contribution is -0.154. The van der Waals surface area contributed by atoms with Crippen molar-refractivity contribution in [2.75, 3.05) is 28.6 Å². The van der Waals surface area contributed by atoms with Crippen LogP contribution in [0.2, 0.25) is 0 Å². The first-order chi connectivity index (χ1) is 22.2. The van der Waals surface area contributed by atoms with Crippen LogP contribution >= 0.6 is 0 Å². The number of hydrogen-bond donors (Lipinski definition) is 2. The molecule has 0 saturated carbocycles. The maximum absolute atomic E-state index is 14.1. The summed E-state index contributed by atoms with van der Waals surface area (Å²) in [7, 11) is 0. The lowest BCUT2D eigenvalue weighted by Crippen LogP contribution is -2.30. The fourth-order valence-electron chi connectivity index (χ4n) is 5.41. The van der Waals surface area contributed by atoms with Crippen molar-refractivity contribution in [1.82, 2.24) is 14.8 Å². The maximum atomic E-state index is 14.1. The molecule has 1 aliphatic rings. The Bertz CT molecular complexity index is 1810. The number of piperidine rings is 1. The molecule has 1 aliphatic heterocycles. The van der Waals surface area contributed by atoms with Crippen LogP contribution < -0.4 is 15.5 Å². The minimum Gasteiger partial charge on any atom is -0.460 e. The number of hydrogen-bond acceptors (Lipinski definition) is 7. The van der Waals surface area contributed by atoms with Gasteiger partial charge < -0.3 is 20.3 Å². The Hall–Kier alpha value is -5.01. The number of fused-ring (bicyclic) bond motifs is 1. The van der Waals surface area contributed by atoms with Crippen LogP contribution in [0, 0.1) is 5.82 Å². The quantitative estimate of drug-likeness (QED) is 0.164. The Morgan fingerprint density at radius 2 is 1.64 bits per heavy atom. The van der Waals surface area contributed by atoms with Gasteiger partial charge in [-0.3, -0.25) is 24.0 Å². The van der Waals surface area contributed by atoms with Crippen molar-refractivity contribution in [3.63, 3.8) is 0 Å². The van der Waals surface area contributed by atoms with Gasteiger partial charge in [-0.05, 0) is 88.1 Å². The second kappa shape index (κ2) is 13.4. The van der Waals surface area contributed by atoms with E-state index in [-0.39, 0.29) is 45.5 Å². The zero-order valence-electron chi connectivity index (χ0n) is 26.1. The van der Waals surface area contributed by atoms with Crippen LogP contribution in [-0.2, 0) is 22.5 Å². The topological polar surface area (TPSA) is 118 Å². The number of halogens is 4. The number of carbonyl (C=O) groups excluding carboxylic acids is 3. The van der Waals surface area contributed by atoms with Crippen LogP contribution in [-0.4, -0.2) is 57.4 Å². The Morgan fingerprint density at radius 1 is 0.915 bits per heavy atom. The van der Waals surface area contributed by atoms with Crippen LogP contribution in [0.3, 0.4) is 0 Å². The average molecular weight is 655 g/mol. The highest BCUT2D eigenvalue weighted by Crippen LogP contribution is 2.32. The predicted molar refractivity (Wildman–Crippen MR) is 168 cm³/mol. The van der Waals surface area contributed by atoms with E-state index in [0.29, 0.717) is 23.5 Å². The summed E-state index contributed by atoms with van der Waals surface area (Å²) < 4.78 is 60.0. The summed E-state index contributed by atoms with van der Waals surface area (Å²) in [4.78, 5) is 45.5. The SMILES string of the molecule is CC(C)(C)OC(=O)Cc1cc(F)ccc1NC(=O)c1ccc(N2CCCCC2)c(NC(=O)c2nn(CC(F)(F)F)c3cnccc23)c1. The molecule has 0 bridgehead atoms. The van der Waals surface area contributed by atoms with Crippen molar-refractivity contribution < 1.29 is 36.7 Å². The van der Waals surface area contributed by atoms with Crippen LogP contribution in [0.4, 0.5) is 34.6 Å². The van der Waals surface area contributed by atoms with Gasteiger partial charge in [0.2, 0.25) is 0 Å². The Kier molecular flexibility index (Phi) is 9.50. The number of amides is 2. The molecule has 4 aromatic rings. The molecule has 0 radical (unpaired) electrons. The van der Waals surface area contributed by atoms with E-state index in [4.69, 9.17) is 4.74 Å². The summed E-state index contributed by atoms with van der Waals surface area (Å²) in [5, 5.41) is 9.64. The van der Waals surface area contributed by atoms with Crippen molar-refractivity contribution in [3.8, 4) is 0 Å². The third-order valence-electron chi connectivity index (χ3n) is 7.37. The van der Waals surface area contributed by atoms with E-state index in [1.54, 1.807) is 32.9 Å². The number of ether oxygens (including phenoxy) is 1. The molecule has 2 amide bonds. The van der Waals surface area contributed by atoms with Crippen molar-refractivity contribution in [2.24, 2.45) is 0 Å². The number of nitrogens with zero attached hydrogens (tertiary/aromatic N) is 4. The highest BCUT2D eigenvalue weighted by Gasteiger charge is 2.31. The number of nitrogens with one attached hydrogen (secondary N) is 2. The highest BCUT2D eigenvalue weighted by atomic mass is 19.4. The number of esters is 1. The van der Waals surface area contributed by atoms with Crippen molar-refractivity contribution in [3.05, 3.63) is 77.5 Å². The third-order valence-corrected chi connectivity index (χ3v) is 7.37. The number of anilines is 3. The summed E-state index contributed by atoms with van der Waals surface area (Å²) in [5.41, 5.74) is 0.470. The van der Waals surface area contributed by atoms with Gasteiger partial charge in [0.15, 0.2) is 5.69 Å². The second-order valence-corrected chi connectivity index (χ2v) is 12.3. The summed E-state index contributed by atoms with van der Waals surface area (Å²) in [6, 6.07) is 9.77. The molecule has 5 rings (SSSR count). The van der Waals surface area contributed by atoms with Crippen LogP contribution in [0.5, 0.6) is 0 Å². The zero-order chi connectivity index (χ0) is 33.9. The third kappa shape index (κ3) is 8.43. The van der Waals surface area contributed by atoms with Gasteiger partial charge in [0.25, 0.3) is 11.8 Å². The lowest BCUT2D eigenvalue weighted by atomic mass is 10.1. The normalized spacial score (nSPS) is 13.8. The molecule has 248 valence electrons. The Balaban J connectivity index is 1.45. The molecule has 14 heteroatoms. The Labute approximate surface area is 268 Å². The number of pyridine rings is 1. The monoisotopic (exact) mass is 654 g/mol. The van der Waals surface area contributed by atoms with Gasteiger partial charge in [-0.15, -0.1) is 0 Å². The summed E-state index contributed by atoms with van der Waals surface area (Å²) >= 11 is 0. The fraction of sp³-hybridized carbons (Fsp3) is 0.364. The first-order valence-electron chi connectivity index (χ1n) is 15.1. The van der Waals surface area contributed by atoms with Crippen LogP contribution in [0.1, 0.15) is 66.4 Å². The molecular weight excluding hydrogens is 620 g/mol. The average Bonchev–Trinajstić information content (AvgIpc) is 3.35. The molecule has 1 fully saturated rings. The molecule has 0 atom stereocenters. The second-order valence-electron chi connectivity index (χ2n) is 12.3. The van der Waals surface area contributed by atoms with E-state index >= 15 is 0 Å². The molecule has 1 saturated heterocycles. The van der Waals surface area contributed by atoms with Gasteiger partial charge >= 0.3 is 12.1 Å². The minimum absolute atomic E-state index is 0.0424. The molecule has 2 aromatic carbocycles. The van der Waals surface area contributed by atoms with E-state index in [0.717, 1.165) is 31.4 Å². The summed E-state index contributed by atoms with van der Waals surface area (Å²) in [5.74, 6) is -2.57. The maximum Gasteiger partial charge on any atom is 0.408 e. The van der Waals surface area contributed by atoms with E-state index in [1.807, 2.05) is 0 Å². The van der Waals surface area contributed by atoms with Gasteiger partial charge in [-0.1, -0.05) is 0 Å². The molecule has 0 spiro atoms. The highest BCUT2D eigenvalue weighted by molar-refractivity contribution is 6.13. The summed E-state index contributed by atoms with van der Waals surface area (Å²) in [6.07, 6.45) is 0.572. The lowest BCUT2D eigenvalue weighted by Gasteiger charge is -2.30. The largest absolute Gasteiger partial charge is 0.460 e. The van der Waals surface area contributed by atoms with Gasteiger partial charge in [-0.2, -0.15) is 18.3 Å². The van der Waals surface area contributed by atoms with Gasteiger partial charge in [-0.25, -0.2) is 4.39 Å². The number of carbonyl (C=O) groups is 3. The van der Waals surface area contributed by atoms with E-state index in [1.165, 1.54) is 30.6 Å². The van der Waals surface area contributed by atoms with Gasteiger partial charge in [0.1, 0.15) is 18.0 Å². The van der Waals surface area contributed by atoms with E-state index < -0.39 is 41.9 Å². The fourth-order valence-corrected chi connectivity index (χ4v) is 5.41. The molecule has 0 unspecified atom stereocenters. The molecular formula is C33H34F4N6O4. The molecule has 3 heterocycles. The molecule has 47 heavy (non-hydrogen) atoms. The van der Waals surface area contributed by atoms with Crippen molar-refractivity contribution in [1.29, 1.82) is 0 Å². The first kappa shape index (κ1) is 33.4.